The average molecular weight is 567 g/mol. The van der Waals surface area contributed by atoms with Crippen LogP contribution < -0.4 is 18.9 Å². The predicted octanol–water partition coefficient (Wildman–Crippen LogP) is 5.90. The highest BCUT2D eigenvalue weighted by Crippen LogP contribution is 2.40. The van der Waals surface area contributed by atoms with E-state index < -0.39 is 0 Å². The topological polar surface area (TPSA) is 77.5 Å². The molecule has 1 fully saturated rings. The van der Waals surface area contributed by atoms with E-state index in [1.165, 1.54) is 0 Å². The molecule has 0 N–H and O–H groups in total. The molecule has 0 radical (unpaired) electrons. The third kappa shape index (κ3) is 7.46. The molecule has 0 aromatic heterocycles. The highest BCUT2D eigenvalue weighted by molar-refractivity contribution is 5.96. The zero-order valence-electron chi connectivity index (χ0n) is 25.2. The number of methoxy groups -OCH3 is 3. The van der Waals surface area contributed by atoms with Crippen molar-refractivity contribution < 1.29 is 28.5 Å². The molecule has 41 heavy (non-hydrogen) atoms. The number of ether oxygens (including phenoxy) is 4. The standard InChI is InChI=1S/C33H46N2O6/c1-34-22-12-6-5-7-13-23-35(30(36)21-19-24-18-20-29(38-2)32(40-4)31(24)39-3)26-15-9-11-17-28(26)41-27-16-10-8-14-25(27)33(34)37/h8,10,14,16,18,20,26,28H,5-7,9,11-13,15,17,19,21-23H2,1-4H3/t26-,28+/m1/s1. The van der Waals surface area contributed by atoms with Gasteiger partial charge >= 0.3 is 0 Å². The molecule has 0 unspecified atom stereocenters. The number of carbonyl (C=O) groups excluding carboxylic acids is 2. The monoisotopic (exact) mass is 566 g/mol. The van der Waals surface area contributed by atoms with Gasteiger partial charge in [-0.1, -0.05) is 43.9 Å². The molecule has 8 nitrogen and oxygen atoms in total. The van der Waals surface area contributed by atoms with Crippen molar-refractivity contribution in [1.82, 2.24) is 9.80 Å². The summed E-state index contributed by atoms with van der Waals surface area (Å²) in [4.78, 5) is 31.2. The lowest BCUT2D eigenvalue weighted by Crippen LogP contribution is -2.51. The van der Waals surface area contributed by atoms with E-state index in [0.29, 0.717) is 47.9 Å². The van der Waals surface area contributed by atoms with Crippen LogP contribution in [0.5, 0.6) is 23.0 Å². The Hall–Kier alpha value is -3.42. The van der Waals surface area contributed by atoms with Gasteiger partial charge in [-0.2, -0.15) is 0 Å². The van der Waals surface area contributed by atoms with E-state index in [9.17, 15) is 9.59 Å². The lowest BCUT2D eigenvalue weighted by Gasteiger charge is -2.40. The van der Waals surface area contributed by atoms with E-state index in [-0.39, 0.29) is 24.0 Å². The van der Waals surface area contributed by atoms with Crippen molar-refractivity contribution in [3.63, 3.8) is 0 Å². The summed E-state index contributed by atoms with van der Waals surface area (Å²) in [5.41, 5.74) is 1.50. The van der Waals surface area contributed by atoms with Crippen LogP contribution in [0.3, 0.4) is 0 Å². The number of carbonyl (C=O) groups is 2. The average Bonchev–Trinajstić information content (AvgIpc) is 3.00. The molecule has 0 saturated heterocycles. The van der Waals surface area contributed by atoms with Crippen LogP contribution in [0, 0.1) is 0 Å². The Kier molecular flexibility index (Phi) is 11.2. The van der Waals surface area contributed by atoms with Gasteiger partial charge in [0, 0.05) is 26.6 Å². The maximum Gasteiger partial charge on any atom is 0.257 e. The highest BCUT2D eigenvalue weighted by atomic mass is 16.5. The third-order valence-electron chi connectivity index (χ3n) is 8.42. The fourth-order valence-electron chi connectivity index (χ4n) is 6.17. The molecule has 4 rings (SSSR count). The zero-order chi connectivity index (χ0) is 29.2. The first-order valence-corrected chi connectivity index (χ1v) is 15.1. The molecule has 2 aromatic rings. The van der Waals surface area contributed by atoms with E-state index in [4.69, 9.17) is 18.9 Å². The number of rotatable bonds is 6. The van der Waals surface area contributed by atoms with Crippen molar-refractivity contribution in [3.05, 3.63) is 47.5 Å². The minimum atomic E-state index is -0.160. The fraction of sp³-hybridized carbons (Fsp3) is 0.576. The van der Waals surface area contributed by atoms with Crippen LogP contribution in [0.25, 0.3) is 0 Å². The summed E-state index contributed by atoms with van der Waals surface area (Å²) in [6.45, 7) is 1.44. The van der Waals surface area contributed by atoms with Gasteiger partial charge in [-0.25, -0.2) is 0 Å². The van der Waals surface area contributed by atoms with Crippen molar-refractivity contribution in [3.8, 4) is 23.0 Å². The first-order valence-electron chi connectivity index (χ1n) is 15.1. The molecule has 2 aliphatic rings. The first-order chi connectivity index (χ1) is 20.0. The van der Waals surface area contributed by atoms with E-state index >= 15 is 0 Å². The molecule has 2 aromatic carbocycles. The van der Waals surface area contributed by atoms with Crippen LogP contribution in [0.1, 0.15) is 80.1 Å². The summed E-state index contributed by atoms with van der Waals surface area (Å²) in [6, 6.07) is 11.3. The van der Waals surface area contributed by atoms with Crippen LogP contribution in [0.4, 0.5) is 0 Å². The minimum absolute atomic E-state index is 0.0142. The number of nitrogens with zero attached hydrogens (tertiary/aromatic N) is 2. The molecule has 2 atom stereocenters. The number of aryl methyl sites for hydroxylation is 1. The lowest BCUT2D eigenvalue weighted by atomic mass is 9.90. The summed E-state index contributed by atoms with van der Waals surface area (Å²) in [5, 5.41) is 0. The lowest BCUT2D eigenvalue weighted by molar-refractivity contribution is -0.136. The smallest absolute Gasteiger partial charge is 0.257 e. The van der Waals surface area contributed by atoms with E-state index in [0.717, 1.165) is 69.9 Å². The molecule has 8 heteroatoms. The number of amides is 2. The summed E-state index contributed by atoms with van der Waals surface area (Å²) in [5.74, 6) is 2.45. The molecular formula is C33H46N2O6. The van der Waals surface area contributed by atoms with Crippen LogP contribution in [0.15, 0.2) is 36.4 Å². The largest absolute Gasteiger partial charge is 0.493 e. The van der Waals surface area contributed by atoms with Crippen LogP contribution >= 0.6 is 0 Å². The van der Waals surface area contributed by atoms with Crippen LogP contribution in [-0.2, 0) is 11.2 Å². The Labute approximate surface area is 244 Å². The number of hydrogen-bond donors (Lipinski definition) is 0. The zero-order valence-corrected chi connectivity index (χ0v) is 25.2. The van der Waals surface area contributed by atoms with Crippen molar-refractivity contribution in [2.45, 2.75) is 82.8 Å². The predicted molar refractivity (Wildman–Crippen MR) is 159 cm³/mol. The second-order valence-electron chi connectivity index (χ2n) is 11.1. The van der Waals surface area contributed by atoms with E-state index in [2.05, 4.69) is 4.90 Å². The molecule has 0 spiro atoms. The number of fused-ring (bicyclic) bond motifs is 2. The molecule has 224 valence electrons. The summed E-state index contributed by atoms with van der Waals surface area (Å²) in [7, 11) is 6.66. The van der Waals surface area contributed by atoms with Gasteiger partial charge in [0.15, 0.2) is 11.5 Å². The molecule has 0 bridgehead atoms. The van der Waals surface area contributed by atoms with Crippen LogP contribution in [0.2, 0.25) is 0 Å². The Bertz CT molecular complexity index is 1170. The SMILES string of the molecule is COc1ccc(CCC(=O)N2CCCCCCCN(C)C(=O)c3ccccc3O[C@H]3CCCC[C@H]32)c(OC)c1OC. The van der Waals surface area contributed by atoms with Gasteiger partial charge in [-0.05, 0) is 62.3 Å². The first kappa shape index (κ1) is 30.5. The molecule has 2 amide bonds. The van der Waals surface area contributed by atoms with Crippen LogP contribution in [-0.4, -0.2) is 75.2 Å². The quantitative estimate of drug-likeness (QED) is 0.433. The Morgan fingerprint density at radius 2 is 1.56 bits per heavy atom. The minimum Gasteiger partial charge on any atom is -0.493 e. The third-order valence-corrected chi connectivity index (χ3v) is 8.42. The fourth-order valence-corrected chi connectivity index (χ4v) is 6.17. The summed E-state index contributed by atoms with van der Waals surface area (Å²) < 4.78 is 23.3. The number of hydrogen-bond acceptors (Lipinski definition) is 6. The molecule has 1 aliphatic heterocycles. The molecule has 1 heterocycles. The normalized spacial score (nSPS) is 20.5. The van der Waals surface area contributed by atoms with Crippen molar-refractivity contribution in [1.29, 1.82) is 0 Å². The highest BCUT2D eigenvalue weighted by Gasteiger charge is 2.35. The van der Waals surface area contributed by atoms with Crippen molar-refractivity contribution >= 4 is 11.8 Å². The van der Waals surface area contributed by atoms with Crippen molar-refractivity contribution in [2.24, 2.45) is 0 Å². The molecular weight excluding hydrogens is 520 g/mol. The van der Waals surface area contributed by atoms with E-state index in [1.807, 2.05) is 43.4 Å². The molecule has 1 saturated carbocycles. The van der Waals surface area contributed by atoms with Gasteiger partial charge in [-0.15, -0.1) is 0 Å². The maximum absolute atomic E-state index is 14.0. The van der Waals surface area contributed by atoms with Gasteiger partial charge in [0.1, 0.15) is 11.9 Å². The van der Waals surface area contributed by atoms with Crippen molar-refractivity contribution in [2.75, 3.05) is 41.5 Å². The van der Waals surface area contributed by atoms with Gasteiger partial charge in [-0.3, -0.25) is 9.59 Å². The van der Waals surface area contributed by atoms with E-state index in [1.54, 1.807) is 26.2 Å². The van der Waals surface area contributed by atoms with Gasteiger partial charge in [0.2, 0.25) is 11.7 Å². The number of benzene rings is 2. The number of para-hydroxylation sites is 1. The Balaban J connectivity index is 1.58. The van der Waals surface area contributed by atoms with Gasteiger partial charge < -0.3 is 28.7 Å². The maximum atomic E-state index is 14.0. The van der Waals surface area contributed by atoms with Gasteiger partial charge in [0.25, 0.3) is 5.91 Å². The van der Waals surface area contributed by atoms with Gasteiger partial charge in [0.05, 0.1) is 32.9 Å². The second kappa shape index (κ2) is 15.0. The molecule has 1 aliphatic carbocycles. The summed E-state index contributed by atoms with van der Waals surface area (Å²) in [6.07, 6.45) is 9.72. The Morgan fingerprint density at radius 3 is 2.32 bits per heavy atom. The second-order valence-corrected chi connectivity index (χ2v) is 11.1. The Morgan fingerprint density at radius 1 is 0.854 bits per heavy atom. The summed E-state index contributed by atoms with van der Waals surface area (Å²) >= 11 is 0.